The summed E-state index contributed by atoms with van der Waals surface area (Å²) in [6.07, 6.45) is 12.3. The Morgan fingerprint density at radius 1 is 1.10 bits per heavy atom. The van der Waals surface area contributed by atoms with Gasteiger partial charge in [0.05, 0.1) is 11.6 Å². The van der Waals surface area contributed by atoms with Crippen molar-refractivity contribution in [1.82, 2.24) is 29.2 Å². The zero-order valence-corrected chi connectivity index (χ0v) is 25.3. The number of hydrogen-bond acceptors (Lipinski definition) is 6. The smallest absolute Gasteiger partial charge is 0.145 e. The average molecular weight is 545 g/mol. The standard InChI is InChI=1S/C29H37N7.C2H6.CH5N/c1-5-12-34-13-9-23(10-14-34)18-36-15-11-27-28(30-21-31-29(27)36)35(6-2)20-25-8-7-24(16-22(25)3)26-17-32-33(4)19-26;2*1-2/h5,7-8,11,15-17,19,21,23H,1,6,9-10,12-14,18,20H2,2-4H3;1-2H3;2H2,1H3. The van der Waals surface area contributed by atoms with E-state index < -0.39 is 0 Å². The van der Waals surface area contributed by atoms with E-state index in [0.29, 0.717) is 5.92 Å². The molecule has 0 atom stereocenters. The van der Waals surface area contributed by atoms with Crippen molar-refractivity contribution < 1.29 is 0 Å². The highest BCUT2D eigenvalue weighted by atomic mass is 15.2. The van der Waals surface area contributed by atoms with E-state index in [4.69, 9.17) is 9.97 Å². The Bertz CT molecular complexity index is 1330. The first-order valence-electron chi connectivity index (χ1n) is 14.6. The fourth-order valence-electron chi connectivity index (χ4n) is 5.37. The zero-order valence-electron chi connectivity index (χ0n) is 25.3. The van der Waals surface area contributed by atoms with Crippen molar-refractivity contribution in [3.8, 4) is 11.1 Å². The highest BCUT2D eigenvalue weighted by Crippen LogP contribution is 2.29. The van der Waals surface area contributed by atoms with E-state index in [1.807, 2.05) is 37.8 Å². The predicted octanol–water partition coefficient (Wildman–Crippen LogP) is 5.67. The molecule has 2 N–H and O–H groups in total. The van der Waals surface area contributed by atoms with Gasteiger partial charge in [0.25, 0.3) is 0 Å². The van der Waals surface area contributed by atoms with Crippen LogP contribution >= 0.6 is 0 Å². The molecule has 0 unspecified atom stereocenters. The molecular weight excluding hydrogens is 496 g/mol. The molecule has 4 aromatic rings. The molecule has 40 heavy (non-hydrogen) atoms. The monoisotopic (exact) mass is 544 g/mol. The largest absolute Gasteiger partial charge is 0.352 e. The van der Waals surface area contributed by atoms with Crippen LogP contribution in [-0.4, -0.2) is 62.4 Å². The van der Waals surface area contributed by atoms with Crippen LogP contribution in [0.3, 0.4) is 0 Å². The van der Waals surface area contributed by atoms with E-state index in [0.717, 1.165) is 61.7 Å². The molecule has 216 valence electrons. The lowest BCUT2D eigenvalue weighted by Crippen LogP contribution is -2.35. The number of hydrogen-bond donors (Lipinski definition) is 1. The van der Waals surface area contributed by atoms with Gasteiger partial charge in [0.1, 0.15) is 17.8 Å². The summed E-state index contributed by atoms with van der Waals surface area (Å²) < 4.78 is 4.17. The number of nitrogens with zero attached hydrogens (tertiary/aromatic N) is 7. The van der Waals surface area contributed by atoms with Gasteiger partial charge in [0, 0.05) is 51.2 Å². The SMILES string of the molecule is C=CCN1CCC(Cn2ccc3c(N(CC)Cc4ccc(-c5cnn(C)c5)cc4C)ncnc32)CC1.CC.CN. The third-order valence-electron chi connectivity index (χ3n) is 7.51. The van der Waals surface area contributed by atoms with Crippen molar-refractivity contribution in [2.75, 3.05) is 38.1 Å². The van der Waals surface area contributed by atoms with E-state index in [-0.39, 0.29) is 0 Å². The molecule has 0 saturated carbocycles. The summed E-state index contributed by atoms with van der Waals surface area (Å²) in [5.74, 6) is 1.70. The number of likely N-dealkylation sites (tertiary alicyclic amines) is 1. The van der Waals surface area contributed by atoms with E-state index >= 15 is 0 Å². The Labute approximate surface area is 240 Å². The molecule has 1 fully saturated rings. The molecule has 0 amide bonds. The Morgan fingerprint density at radius 2 is 1.85 bits per heavy atom. The quantitative estimate of drug-likeness (QED) is 0.274. The van der Waals surface area contributed by atoms with E-state index in [1.54, 1.807) is 6.33 Å². The van der Waals surface area contributed by atoms with Gasteiger partial charge >= 0.3 is 0 Å². The Morgan fingerprint density at radius 3 is 2.48 bits per heavy atom. The van der Waals surface area contributed by atoms with Crippen molar-refractivity contribution in [2.24, 2.45) is 18.7 Å². The number of rotatable bonds is 9. The molecule has 8 heteroatoms. The Kier molecular flexibility index (Phi) is 11.9. The second kappa shape index (κ2) is 15.3. The molecule has 0 aliphatic carbocycles. The number of aromatic nitrogens is 5. The minimum absolute atomic E-state index is 0.684. The maximum absolute atomic E-state index is 4.74. The number of fused-ring (bicyclic) bond motifs is 1. The van der Waals surface area contributed by atoms with Crippen molar-refractivity contribution in [1.29, 1.82) is 0 Å². The number of piperidine rings is 1. The molecule has 0 spiro atoms. The van der Waals surface area contributed by atoms with E-state index in [1.165, 1.54) is 36.6 Å². The van der Waals surface area contributed by atoms with Gasteiger partial charge in [0.2, 0.25) is 0 Å². The van der Waals surface area contributed by atoms with Gasteiger partial charge < -0.3 is 15.2 Å². The molecule has 5 rings (SSSR count). The fourth-order valence-corrected chi connectivity index (χ4v) is 5.37. The first kappa shape index (κ1) is 31.0. The number of nitrogens with two attached hydrogens (primary N) is 1. The third kappa shape index (κ3) is 7.37. The Balaban J connectivity index is 0.00000106. The summed E-state index contributed by atoms with van der Waals surface area (Å²) in [6.45, 7) is 18.3. The van der Waals surface area contributed by atoms with Gasteiger partial charge in [-0.05, 0) is 75.5 Å². The summed E-state index contributed by atoms with van der Waals surface area (Å²) in [6, 6.07) is 8.88. The van der Waals surface area contributed by atoms with Crippen molar-refractivity contribution in [2.45, 2.75) is 53.6 Å². The number of aryl methyl sites for hydroxylation is 2. The lowest BCUT2D eigenvalue weighted by Gasteiger charge is -2.31. The van der Waals surface area contributed by atoms with Gasteiger partial charge in [-0.15, -0.1) is 6.58 Å². The molecule has 8 nitrogen and oxygen atoms in total. The molecule has 1 aliphatic heterocycles. The van der Waals surface area contributed by atoms with Crippen LogP contribution in [0.4, 0.5) is 5.82 Å². The van der Waals surface area contributed by atoms with Crippen LogP contribution in [0.25, 0.3) is 22.2 Å². The third-order valence-corrected chi connectivity index (χ3v) is 7.51. The van der Waals surface area contributed by atoms with Crippen LogP contribution < -0.4 is 10.6 Å². The highest BCUT2D eigenvalue weighted by molar-refractivity contribution is 5.87. The molecule has 1 aliphatic rings. The van der Waals surface area contributed by atoms with E-state index in [2.05, 4.69) is 82.3 Å². The van der Waals surface area contributed by atoms with Gasteiger partial charge in [-0.1, -0.05) is 38.1 Å². The van der Waals surface area contributed by atoms with Crippen molar-refractivity contribution >= 4 is 16.9 Å². The first-order chi connectivity index (χ1) is 19.6. The van der Waals surface area contributed by atoms with Crippen LogP contribution in [0.5, 0.6) is 0 Å². The lowest BCUT2D eigenvalue weighted by atomic mass is 9.97. The summed E-state index contributed by atoms with van der Waals surface area (Å²) >= 11 is 0. The fraction of sp³-hybridized carbons (Fsp3) is 0.469. The van der Waals surface area contributed by atoms with Gasteiger partial charge in [0.15, 0.2) is 0 Å². The van der Waals surface area contributed by atoms with Gasteiger partial charge in [-0.3, -0.25) is 9.58 Å². The molecule has 3 aromatic heterocycles. The molecule has 0 bridgehead atoms. The zero-order chi connectivity index (χ0) is 29.1. The van der Waals surface area contributed by atoms with Gasteiger partial charge in [-0.25, -0.2) is 9.97 Å². The van der Waals surface area contributed by atoms with Crippen LogP contribution in [0.2, 0.25) is 0 Å². The van der Waals surface area contributed by atoms with Crippen molar-refractivity contribution in [3.05, 3.63) is 73.0 Å². The maximum Gasteiger partial charge on any atom is 0.145 e. The van der Waals surface area contributed by atoms with Crippen LogP contribution in [0, 0.1) is 12.8 Å². The normalized spacial score (nSPS) is 13.8. The molecule has 1 saturated heterocycles. The van der Waals surface area contributed by atoms with Crippen molar-refractivity contribution in [3.63, 3.8) is 0 Å². The summed E-state index contributed by atoms with van der Waals surface area (Å²) in [5, 5.41) is 5.44. The molecule has 1 aromatic carbocycles. The van der Waals surface area contributed by atoms with E-state index in [9.17, 15) is 0 Å². The maximum atomic E-state index is 4.74. The summed E-state index contributed by atoms with van der Waals surface area (Å²) in [5.41, 5.74) is 10.5. The first-order valence-corrected chi connectivity index (χ1v) is 14.6. The van der Waals surface area contributed by atoms with Gasteiger partial charge in [-0.2, -0.15) is 5.10 Å². The lowest BCUT2D eigenvalue weighted by molar-refractivity contribution is 0.189. The second-order valence-corrected chi connectivity index (χ2v) is 9.99. The minimum atomic E-state index is 0.684. The average Bonchev–Trinajstić information content (AvgIpc) is 3.62. The molecule has 4 heterocycles. The topological polar surface area (TPSA) is 81.0 Å². The predicted molar refractivity (Wildman–Crippen MR) is 168 cm³/mol. The summed E-state index contributed by atoms with van der Waals surface area (Å²) in [4.78, 5) is 14.3. The highest BCUT2D eigenvalue weighted by Gasteiger charge is 2.21. The van der Waals surface area contributed by atoms with Crippen LogP contribution in [0.1, 0.15) is 44.7 Å². The Hall–Kier alpha value is -3.49. The second-order valence-electron chi connectivity index (χ2n) is 9.99. The number of anilines is 1. The van der Waals surface area contributed by atoms with Crippen LogP contribution in [0.15, 0.2) is 61.8 Å². The molecule has 0 radical (unpaired) electrons. The summed E-state index contributed by atoms with van der Waals surface area (Å²) in [7, 11) is 3.45. The molecular formula is C32H48N8. The van der Waals surface area contributed by atoms with Crippen LogP contribution in [-0.2, 0) is 20.1 Å². The minimum Gasteiger partial charge on any atom is -0.352 e. The number of benzene rings is 1.